The average Bonchev–Trinajstić information content (AvgIpc) is 2.83. The molecule has 0 amide bonds. The van der Waals surface area contributed by atoms with Crippen LogP contribution in [0.5, 0.6) is 0 Å². The van der Waals surface area contributed by atoms with Crippen molar-refractivity contribution >= 4 is 29.0 Å². The van der Waals surface area contributed by atoms with Crippen LogP contribution >= 0.6 is 24.8 Å². The zero-order valence-corrected chi connectivity index (χ0v) is 13.8. The maximum absolute atomic E-state index is 3.34. The molecule has 0 aliphatic heterocycles. The second-order valence-corrected chi connectivity index (χ2v) is 2.93. The van der Waals surface area contributed by atoms with E-state index in [4.69, 9.17) is 0 Å². The molecule has 0 unspecified atom stereocenters. The molecule has 88 valence electrons. The van der Waals surface area contributed by atoms with Crippen LogP contribution in [-0.4, -0.2) is 4.21 Å². The average molecular weight is 336 g/mol. The van der Waals surface area contributed by atoms with Gasteiger partial charge in [-0.3, -0.25) is 12.2 Å². The Morgan fingerprint density at radius 3 is 1.31 bits per heavy atom. The van der Waals surface area contributed by atoms with Gasteiger partial charge in [-0.2, -0.15) is 12.2 Å². The van der Waals surface area contributed by atoms with Gasteiger partial charge in [0, 0.05) is 0 Å². The van der Waals surface area contributed by atoms with E-state index >= 15 is 0 Å². The Kier molecular flexibility index (Phi) is 20.6. The van der Waals surface area contributed by atoms with Crippen LogP contribution in [0, 0.1) is 12.2 Å². The zero-order chi connectivity index (χ0) is 10.8. The molecule has 3 heteroatoms. The molecule has 0 bridgehead atoms. The van der Waals surface area contributed by atoms with Gasteiger partial charge in [-0.05, 0) is 0 Å². The van der Waals surface area contributed by atoms with Crippen LogP contribution in [0.2, 0.25) is 0 Å². The summed E-state index contributed by atoms with van der Waals surface area (Å²) in [6.07, 6.45) is 16.7. The molecule has 0 N–H and O–H groups in total. The molecule has 0 saturated heterocycles. The fourth-order valence-corrected chi connectivity index (χ4v) is 1.03. The predicted octanol–water partition coefficient (Wildman–Crippen LogP) is 4.20. The van der Waals surface area contributed by atoms with Crippen LogP contribution in [0.25, 0.3) is 0 Å². The van der Waals surface area contributed by atoms with E-state index in [2.05, 4.69) is 54.5 Å². The molecular weight excluding hydrogens is 318 g/mol. The summed E-state index contributed by atoms with van der Waals surface area (Å²) in [5.41, 5.74) is 2.55. The van der Waals surface area contributed by atoms with Crippen molar-refractivity contribution < 1.29 is 24.2 Å². The van der Waals surface area contributed by atoms with Crippen LogP contribution < -0.4 is 0 Å². The Balaban J connectivity index is -0.000000165. The van der Waals surface area contributed by atoms with Crippen molar-refractivity contribution in [2.75, 3.05) is 0 Å². The van der Waals surface area contributed by atoms with Gasteiger partial charge in [-0.25, -0.2) is 23.3 Å². The molecule has 16 heavy (non-hydrogen) atoms. The monoisotopic (exact) mass is 334 g/mol. The molecule has 0 atom stereocenters. The van der Waals surface area contributed by atoms with Crippen LogP contribution in [0.15, 0.2) is 35.5 Å². The van der Waals surface area contributed by atoms with Gasteiger partial charge < -0.3 is 0 Å². The predicted molar refractivity (Wildman–Crippen MR) is 74.0 cm³/mol. The van der Waals surface area contributed by atoms with Gasteiger partial charge in [0.2, 0.25) is 0 Å². The summed E-state index contributed by atoms with van der Waals surface area (Å²) < 4.78 is 3.34. The SMILES string of the molecule is CC1=[C-]CC=C1.CC1=[C-]CC=C1.Cl.Cl.[CH2]=[Zr+2]. The first-order valence-electron chi connectivity index (χ1n) is 4.62. The Morgan fingerprint density at radius 2 is 1.25 bits per heavy atom. The van der Waals surface area contributed by atoms with E-state index in [1.165, 1.54) is 35.4 Å². The summed E-state index contributed by atoms with van der Waals surface area (Å²) in [5, 5.41) is 0. The van der Waals surface area contributed by atoms with Gasteiger partial charge in [0.15, 0.2) is 0 Å². The Bertz CT molecular complexity index is 242. The molecule has 0 heterocycles. The van der Waals surface area contributed by atoms with Crippen molar-refractivity contribution in [2.45, 2.75) is 26.7 Å². The first kappa shape index (κ1) is 21.6. The van der Waals surface area contributed by atoms with Gasteiger partial charge in [0.05, 0.1) is 0 Å². The normalized spacial score (nSPS) is 14.2. The van der Waals surface area contributed by atoms with E-state index in [1.807, 2.05) is 0 Å². The Morgan fingerprint density at radius 1 is 0.938 bits per heavy atom. The molecule has 0 spiro atoms. The molecule has 0 nitrogen and oxygen atoms in total. The molecule has 0 radical (unpaired) electrons. The number of halogens is 2. The molecule has 0 aromatic carbocycles. The quantitative estimate of drug-likeness (QED) is 0.582. The van der Waals surface area contributed by atoms with Crippen molar-refractivity contribution in [3.05, 3.63) is 47.6 Å². The minimum absolute atomic E-state index is 0. The van der Waals surface area contributed by atoms with Crippen molar-refractivity contribution in [3.63, 3.8) is 0 Å². The zero-order valence-electron chi connectivity index (χ0n) is 9.75. The first-order chi connectivity index (χ1) is 6.79. The number of hydrogen-bond acceptors (Lipinski definition) is 0. The van der Waals surface area contributed by atoms with Gasteiger partial charge in [-0.15, -0.1) is 37.7 Å². The summed E-state index contributed by atoms with van der Waals surface area (Å²) in [6, 6.07) is 0. The van der Waals surface area contributed by atoms with Gasteiger partial charge in [0.1, 0.15) is 0 Å². The number of rotatable bonds is 0. The van der Waals surface area contributed by atoms with Gasteiger partial charge in [-0.1, -0.05) is 13.8 Å². The van der Waals surface area contributed by atoms with E-state index in [0.29, 0.717) is 0 Å². The van der Waals surface area contributed by atoms with Crippen molar-refractivity contribution in [1.29, 1.82) is 0 Å². The third-order valence-electron chi connectivity index (χ3n) is 1.73. The van der Waals surface area contributed by atoms with Gasteiger partial charge >= 0.3 is 28.4 Å². The summed E-state index contributed by atoms with van der Waals surface area (Å²) in [5.74, 6) is 0. The van der Waals surface area contributed by atoms with Crippen LogP contribution in [0.3, 0.4) is 0 Å². The third-order valence-corrected chi connectivity index (χ3v) is 1.73. The molecule has 2 aliphatic carbocycles. The molecule has 0 aromatic rings. The second-order valence-electron chi connectivity index (χ2n) is 2.93. The molecule has 2 aliphatic rings. The van der Waals surface area contributed by atoms with E-state index < -0.39 is 0 Å². The van der Waals surface area contributed by atoms with Crippen LogP contribution in [0.4, 0.5) is 0 Å². The number of allylic oxidation sites excluding steroid dienone is 8. The topological polar surface area (TPSA) is 0 Å². The van der Waals surface area contributed by atoms with Crippen molar-refractivity contribution in [3.8, 4) is 0 Å². The Hall–Kier alpha value is 0.293. The van der Waals surface area contributed by atoms with E-state index in [0.717, 1.165) is 12.8 Å². The molecule has 0 aromatic heterocycles. The van der Waals surface area contributed by atoms with E-state index in [1.54, 1.807) is 0 Å². The first-order valence-corrected chi connectivity index (χ1v) is 6.36. The summed E-state index contributed by atoms with van der Waals surface area (Å²) in [6.45, 7) is 4.12. The van der Waals surface area contributed by atoms with E-state index in [-0.39, 0.29) is 24.8 Å². The minimum atomic E-state index is 0. The van der Waals surface area contributed by atoms with Crippen LogP contribution in [0.1, 0.15) is 26.7 Å². The summed E-state index contributed by atoms with van der Waals surface area (Å²) in [7, 11) is 0. The van der Waals surface area contributed by atoms with Crippen molar-refractivity contribution in [2.24, 2.45) is 0 Å². The standard InChI is InChI=1S/2C6H7.CH2.2ClH.Zr/c2*1-6-4-2-3-5-6;;;;/h2*2,4H,3H2,1H3;1H2;2*1H;/q2*-1;;;;+2. The molecule has 0 fully saturated rings. The molecule has 2 rings (SSSR count). The Labute approximate surface area is 127 Å². The third kappa shape index (κ3) is 12.4. The summed E-state index contributed by atoms with van der Waals surface area (Å²) in [4.78, 5) is 0. The van der Waals surface area contributed by atoms with Crippen LogP contribution in [-0.2, 0) is 24.2 Å². The molecular formula is C13H18Cl2Zr. The molecule has 0 saturated carbocycles. The fraction of sp³-hybridized carbons (Fsp3) is 0.308. The van der Waals surface area contributed by atoms with Gasteiger partial charge in [0.25, 0.3) is 0 Å². The second kappa shape index (κ2) is 15.3. The van der Waals surface area contributed by atoms with Crippen molar-refractivity contribution in [1.82, 2.24) is 0 Å². The number of hydrogen-bond donors (Lipinski definition) is 0. The van der Waals surface area contributed by atoms with E-state index in [9.17, 15) is 0 Å². The summed E-state index contributed by atoms with van der Waals surface area (Å²) >= 11 is 1.30. The fourth-order valence-electron chi connectivity index (χ4n) is 1.03. The maximum atomic E-state index is 3.34.